The van der Waals surface area contributed by atoms with Gasteiger partial charge in [0.05, 0.1) is 0 Å². The minimum absolute atomic E-state index is 0.0476. The number of aromatic amines is 1. The number of fused-ring (bicyclic) bond motifs is 1. The molecule has 156 valence electrons. The van der Waals surface area contributed by atoms with Crippen molar-refractivity contribution in [3.63, 3.8) is 0 Å². The minimum atomic E-state index is -4.59. The van der Waals surface area contributed by atoms with E-state index in [0.717, 1.165) is 22.8 Å². The van der Waals surface area contributed by atoms with Gasteiger partial charge >= 0.3 is 172 Å². The summed E-state index contributed by atoms with van der Waals surface area (Å²) in [6.07, 6.45) is 0.218. The van der Waals surface area contributed by atoms with Crippen LogP contribution in [0.2, 0.25) is 0 Å². The average molecular weight is 437 g/mol. The van der Waals surface area contributed by atoms with Crippen LogP contribution in [0.3, 0.4) is 0 Å². The Hall–Kier alpha value is -2.64. The number of alkyl halides is 3. The van der Waals surface area contributed by atoms with E-state index in [0.29, 0.717) is 30.3 Å². The van der Waals surface area contributed by atoms with Gasteiger partial charge in [-0.2, -0.15) is 0 Å². The van der Waals surface area contributed by atoms with E-state index in [1.807, 2.05) is 0 Å². The number of aromatic nitrogens is 4. The molecule has 30 heavy (non-hydrogen) atoms. The Kier molecular flexibility index (Phi) is 5.67. The zero-order valence-corrected chi connectivity index (χ0v) is 16.1. The van der Waals surface area contributed by atoms with Gasteiger partial charge in [-0.15, -0.1) is 0 Å². The predicted molar refractivity (Wildman–Crippen MR) is 100 cm³/mol. The molecule has 0 fully saturated rings. The van der Waals surface area contributed by atoms with E-state index in [9.17, 15) is 18.3 Å². The molecule has 13 heteroatoms. The fourth-order valence-electron chi connectivity index (χ4n) is 3.02. The van der Waals surface area contributed by atoms with E-state index >= 15 is 0 Å². The Balaban J connectivity index is 1.72. The molecule has 0 saturated heterocycles. The number of aliphatic hydroxyl groups excluding tert-OH is 2. The number of rotatable bonds is 5. The standard InChI is InChI=1S/C17H15BF3N5O3S/c19-17(20,21)9-3-12(29-11-2-1-8-4-22-7-24-13(8)11)15(23-5-9)26-16-25-14(18-30-16)10(28)6-27/h3-5,7,10-11,27-28H,1-2,6H2,(H,23,25,26). The SMILES string of the molecule is OCC(O)c1bs/c(=N\c2ncc(C(F)(F)F)cc2OC2CCc3cncnc32)[nH]1. The summed E-state index contributed by atoms with van der Waals surface area (Å²) in [5.41, 5.74) is 0.889. The fourth-order valence-corrected chi connectivity index (χ4v) is 3.79. The Morgan fingerprint density at radius 2 is 2.20 bits per heavy atom. The molecule has 0 spiro atoms. The second-order valence-electron chi connectivity index (χ2n) is 6.55. The molecule has 3 aromatic heterocycles. The monoisotopic (exact) mass is 437 g/mol. The zero-order chi connectivity index (χ0) is 21.3. The molecule has 2 unspecified atom stereocenters. The summed E-state index contributed by atoms with van der Waals surface area (Å²) in [6.45, 7) is -0.484. The first kappa shape index (κ1) is 20.6. The molecule has 1 aliphatic rings. The summed E-state index contributed by atoms with van der Waals surface area (Å²) in [4.78, 5) is 19.3. The fraction of sp³-hybridized carbons (Fsp3) is 0.353. The second kappa shape index (κ2) is 8.24. The third-order valence-corrected chi connectivity index (χ3v) is 5.31. The van der Waals surface area contributed by atoms with Crippen molar-refractivity contribution in [3.8, 4) is 5.75 Å². The first-order chi connectivity index (χ1) is 14.3. The number of hydrogen-bond acceptors (Lipinski definition) is 8. The Labute approximate surface area is 172 Å². The molecule has 0 saturated carbocycles. The van der Waals surface area contributed by atoms with E-state index in [-0.39, 0.29) is 16.4 Å². The molecule has 2 atom stereocenters. The van der Waals surface area contributed by atoms with Crippen molar-refractivity contribution >= 4 is 23.2 Å². The molecular formula is C17H15BF3N5O3S. The van der Waals surface area contributed by atoms with Crippen molar-refractivity contribution in [2.75, 3.05) is 6.61 Å². The van der Waals surface area contributed by atoms with Crippen LogP contribution in [0.15, 0.2) is 29.8 Å². The summed E-state index contributed by atoms with van der Waals surface area (Å²) in [5.74, 6) is -0.180. The topological polar surface area (TPSA) is 117 Å². The molecule has 8 nitrogen and oxygen atoms in total. The number of halogens is 3. The number of pyridine rings is 1. The molecule has 4 rings (SSSR count). The zero-order valence-electron chi connectivity index (χ0n) is 15.3. The Morgan fingerprint density at radius 1 is 1.37 bits per heavy atom. The number of ether oxygens (including phenoxy) is 1. The van der Waals surface area contributed by atoms with Gasteiger partial charge in [0.15, 0.2) is 0 Å². The van der Waals surface area contributed by atoms with Crippen LogP contribution in [0, 0.1) is 0 Å². The first-order valence-corrected chi connectivity index (χ1v) is 9.77. The molecule has 3 N–H and O–H groups in total. The summed E-state index contributed by atoms with van der Waals surface area (Å²) in [5, 5.41) is 18.7. The summed E-state index contributed by atoms with van der Waals surface area (Å²) in [6, 6.07) is 0.863. The molecule has 0 bridgehead atoms. The van der Waals surface area contributed by atoms with E-state index < -0.39 is 30.6 Å². The average Bonchev–Trinajstić information content (AvgIpc) is 3.35. The maximum atomic E-state index is 13.2. The van der Waals surface area contributed by atoms with E-state index in [2.05, 4.69) is 24.9 Å². The van der Waals surface area contributed by atoms with Crippen LogP contribution in [0.25, 0.3) is 0 Å². The van der Waals surface area contributed by atoms with Crippen LogP contribution in [-0.4, -0.2) is 42.9 Å². The molecule has 0 amide bonds. The van der Waals surface area contributed by atoms with Crippen LogP contribution in [0.5, 0.6) is 5.75 Å². The molecular weight excluding hydrogens is 422 g/mol. The van der Waals surface area contributed by atoms with Crippen molar-refractivity contribution in [1.82, 2.24) is 19.9 Å². The van der Waals surface area contributed by atoms with Crippen molar-refractivity contribution in [2.24, 2.45) is 4.99 Å². The van der Waals surface area contributed by atoms with Gasteiger partial charge in [-0.25, -0.2) is 0 Å². The van der Waals surface area contributed by atoms with Gasteiger partial charge in [-0.05, 0) is 0 Å². The molecule has 1 aliphatic carbocycles. The van der Waals surface area contributed by atoms with E-state index in [4.69, 9.17) is 9.84 Å². The van der Waals surface area contributed by atoms with Crippen LogP contribution < -0.4 is 9.54 Å². The molecule has 0 aliphatic heterocycles. The second-order valence-corrected chi connectivity index (χ2v) is 7.41. The van der Waals surface area contributed by atoms with Gasteiger partial charge in [-0.3, -0.25) is 0 Å². The molecule has 3 aromatic rings. The van der Waals surface area contributed by atoms with Gasteiger partial charge in [-0.1, -0.05) is 0 Å². The number of aryl methyl sites for hydroxylation is 1. The van der Waals surface area contributed by atoms with Crippen molar-refractivity contribution < 1.29 is 28.1 Å². The van der Waals surface area contributed by atoms with Gasteiger partial charge < -0.3 is 0 Å². The number of nitrogens with one attached hydrogen (secondary N) is 1. The quantitative estimate of drug-likeness (QED) is 0.562. The van der Waals surface area contributed by atoms with E-state index in [1.54, 1.807) is 12.4 Å². The van der Waals surface area contributed by atoms with Crippen LogP contribution in [-0.2, 0) is 12.6 Å². The van der Waals surface area contributed by atoms with E-state index in [1.165, 1.54) is 6.33 Å². The van der Waals surface area contributed by atoms with Crippen molar-refractivity contribution in [3.05, 3.63) is 52.0 Å². The van der Waals surface area contributed by atoms with Crippen molar-refractivity contribution in [1.29, 1.82) is 0 Å². The Bertz CT molecular complexity index is 1120. The van der Waals surface area contributed by atoms with Crippen LogP contribution in [0.4, 0.5) is 19.0 Å². The summed E-state index contributed by atoms with van der Waals surface area (Å²) < 4.78 is 45.5. The molecule has 0 aromatic carbocycles. The normalized spacial score (nSPS) is 17.6. The van der Waals surface area contributed by atoms with Gasteiger partial charge in [0.2, 0.25) is 0 Å². The number of H-pyrrole nitrogens is 1. The van der Waals surface area contributed by atoms with Crippen LogP contribution >= 0.6 is 11.2 Å². The van der Waals surface area contributed by atoms with Gasteiger partial charge in [0, 0.05) is 0 Å². The summed E-state index contributed by atoms with van der Waals surface area (Å²) in [7, 11) is 0. The third-order valence-electron chi connectivity index (χ3n) is 4.52. The van der Waals surface area contributed by atoms with Gasteiger partial charge in [0.1, 0.15) is 0 Å². The van der Waals surface area contributed by atoms with Gasteiger partial charge in [0.25, 0.3) is 0 Å². The number of nitrogens with zero attached hydrogens (tertiary/aromatic N) is 4. The third kappa shape index (κ3) is 4.27. The first-order valence-electron chi connectivity index (χ1n) is 8.89. The predicted octanol–water partition coefficient (Wildman–Crippen LogP) is 1.94. The van der Waals surface area contributed by atoms with Crippen LogP contribution in [0.1, 0.15) is 41.0 Å². The molecule has 0 radical (unpaired) electrons. The Morgan fingerprint density at radius 3 is 2.97 bits per heavy atom. The number of hydrogen-bond donors (Lipinski definition) is 3. The maximum absolute atomic E-state index is 13.2. The number of aliphatic hydroxyl groups is 2. The summed E-state index contributed by atoms with van der Waals surface area (Å²) >= 11 is 1.11. The molecule has 3 heterocycles. The van der Waals surface area contributed by atoms with Crippen molar-refractivity contribution in [2.45, 2.75) is 31.2 Å².